The van der Waals surface area contributed by atoms with Crippen molar-refractivity contribution in [3.05, 3.63) is 50.6 Å². The molecule has 0 bridgehead atoms. The van der Waals surface area contributed by atoms with Gasteiger partial charge in [-0.1, -0.05) is 0 Å². The second-order valence-corrected chi connectivity index (χ2v) is 9.44. The molecule has 0 aliphatic rings. The van der Waals surface area contributed by atoms with Gasteiger partial charge in [-0.05, 0) is 58.7 Å². The van der Waals surface area contributed by atoms with Gasteiger partial charge in [-0.3, -0.25) is 4.79 Å². The summed E-state index contributed by atoms with van der Waals surface area (Å²) in [5, 5.41) is 2.83. The zero-order valence-corrected chi connectivity index (χ0v) is 16.8. The summed E-state index contributed by atoms with van der Waals surface area (Å²) in [6, 6.07) is 9.82. The molecule has 9 heteroatoms. The number of hydrogen-bond acceptors (Lipinski definition) is 5. The number of carbonyl (C=O) groups excluding carboxylic acids is 1. The molecule has 0 saturated carbocycles. The SMILES string of the molecule is COCCNS(=O)(=O)c1ccc(C(=O)NCCc2ccc(Br)s2)cc1. The van der Waals surface area contributed by atoms with Gasteiger partial charge in [0.1, 0.15) is 0 Å². The monoisotopic (exact) mass is 446 g/mol. The molecule has 2 aromatic rings. The number of sulfonamides is 1. The van der Waals surface area contributed by atoms with Gasteiger partial charge in [0.05, 0.1) is 15.3 Å². The highest BCUT2D eigenvalue weighted by Gasteiger charge is 2.14. The summed E-state index contributed by atoms with van der Waals surface area (Å²) in [7, 11) is -2.09. The van der Waals surface area contributed by atoms with Gasteiger partial charge in [0.2, 0.25) is 10.0 Å². The van der Waals surface area contributed by atoms with Gasteiger partial charge in [-0.25, -0.2) is 13.1 Å². The number of methoxy groups -OCH3 is 1. The van der Waals surface area contributed by atoms with Crippen molar-refractivity contribution in [1.29, 1.82) is 0 Å². The summed E-state index contributed by atoms with van der Waals surface area (Å²) in [6.07, 6.45) is 0.748. The van der Waals surface area contributed by atoms with Crippen LogP contribution in [0.2, 0.25) is 0 Å². The Morgan fingerprint density at radius 2 is 1.88 bits per heavy atom. The van der Waals surface area contributed by atoms with Crippen LogP contribution in [0.25, 0.3) is 0 Å². The van der Waals surface area contributed by atoms with E-state index in [0.717, 1.165) is 10.2 Å². The Morgan fingerprint density at radius 1 is 1.16 bits per heavy atom. The molecule has 2 rings (SSSR count). The van der Waals surface area contributed by atoms with Gasteiger partial charge in [0.15, 0.2) is 0 Å². The van der Waals surface area contributed by atoms with Crippen LogP contribution >= 0.6 is 27.3 Å². The smallest absolute Gasteiger partial charge is 0.251 e. The van der Waals surface area contributed by atoms with Gasteiger partial charge in [-0.2, -0.15) is 0 Å². The van der Waals surface area contributed by atoms with E-state index in [-0.39, 0.29) is 17.3 Å². The van der Waals surface area contributed by atoms with Gasteiger partial charge < -0.3 is 10.1 Å². The van der Waals surface area contributed by atoms with Crippen LogP contribution in [0.4, 0.5) is 0 Å². The molecule has 1 heterocycles. The second kappa shape index (κ2) is 9.44. The highest BCUT2D eigenvalue weighted by molar-refractivity contribution is 9.11. The molecular weight excluding hydrogens is 428 g/mol. The summed E-state index contributed by atoms with van der Waals surface area (Å²) in [6.45, 7) is 1.00. The third-order valence-electron chi connectivity index (χ3n) is 3.31. The Balaban J connectivity index is 1.89. The maximum absolute atomic E-state index is 12.1. The number of ether oxygens (including phenoxy) is 1. The van der Waals surface area contributed by atoms with Crippen LogP contribution in [0, 0.1) is 0 Å². The van der Waals surface area contributed by atoms with Crippen molar-refractivity contribution in [2.75, 3.05) is 26.8 Å². The molecule has 0 aliphatic heterocycles. The molecule has 0 radical (unpaired) electrons. The minimum Gasteiger partial charge on any atom is -0.383 e. The van der Waals surface area contributed by atoms with E-state index in [0.29, 0.717) is 18.7 Å². The number of benzene rings is 1. The fourth-order valence-corrected chi connectivity index (χ4v) is 4.53. The highest BCUT2D eigenvalue weighted by Crippen LogP contribution is 2.22. The number of thiophene rings is 1. The predicted octanol–water partition coefficient (Wildman–Crippen LogP) is 2.41. The van der Waals surface area contributed by atoms with Gasteiger partial charge >= 0.3 is 0 Å². The molecule has 1 amide bonds. The molecule has 1 aromatic heterocycles. The summed E-state index contributed by atoms with van der Waals surface area (Å²) < 4.78 is 32.4. The van der Waals surface area contributed by atoms with E-state index in [4.69, 9.17) is 4.74 Å². The minimum absolute atomic E-state index is 0.114. The average molecular weight is 447 g/mol. The summed E-state index contributed by atoms with van der Waals surface area (Å²) in [4.78, 5) is 13.4. The van der Waals surface area contributed by atoms with Crippen LogP contribution in [-0.2, 0) is 21.2 Å². The van der Waals surface area contributed by atoms with E-state index < -0.39 is 10.0 Å². The largest absolute Gasteiger partial charge is 0.383 e. The van der Waals surface area contributed by atoms with Crippen molar-refractivity contribution in [3.63, 3.8) is 0 Å². The van der Waals surface area contributed by atoms with Gasteiger partial charge in [0.25, 0.3) is 5.91 Å². The van der Waals surface area contributed by atoms with Crippen LogP contribution in [0.1, 0.15) is 15.2 Å². The quantitative estimate of drug-likeness (QED) is 0.579. The normalized spacial score (nSPS) is 11.4. The highest BCUT2D eigenvalue weighted by atomic mass is 79.9. The maximum atomic E-state index is 12.1. The first-order valence-electron chi connectivity index (χ1n) is 7.53. The van der Waals surface area contributed by atoms with Crippen molar-refractivity contribution >= 4 is 43.2 Å². The first kappa shape index (κ1) is 20.1. The molecule has 2 N–H and O–H groups in total. The summed E-state index contributed by atoms with van der Waals surface area (Å²) in [5.74, 6) is -0.230. The third-order valence-corrected chi connectivity index (χ3v) is 6.47. The molecule has 0 spiro atoms. The molecular formula is C16H19BrN2O4S2. The minimum atomic E-state index is -3.59. The van der Waals surface area contributed by atoms with Crippen molar-refractivity contribution < 1.29 is 17.9 Å². The van der Waals surface area contributed by atoms with Crippen LogP contribution in [-0.4, -0.2) is 41.1 Å². The summed E-state index contributed by atoms with van der Waals surface area (Å²) >= 11 is 5.03. The van der Waals surface area contributed by atoms with E-state index in [1.165, 1.54) is 36.3 Å². The summed E-state index contributed by atoms with van der Waals surface area (Å²) in [5.41, 5.74) is 0.420. The Bertz CT molecular complexity index is 804. The lowest BCUT2D eigenvalue weighted by molar-refractivity contribution is 0.0954. The molecule has 0 aliphatic carbocycles. The lowest BCUT2D eigenvalue weighted by Gasteiger charge is -2.08. The van der Waals surface area contributed by atoms with Crippen LogP contribution in [0.5, 0.6) is 0 Å². The molecule has 0 unspecified atom stereocenters. The Hall–Kier alpha value is -1.26. The van der Waals surface area contributed by atoms with Crippen molar-refractivity contribution in [1.82, 2.24) is 10.0 Å². The molecule has 25 heavy (non-hydrogen) atoms. The predicted molar refractivity (Wildman–Crippen MR) is 102 cm³/mol. The fraction of sp³-hybridized carbons (Fsp3) is 0.312. The molecule has 1 aromatic carbocycles. The van der Waals surface area contributed by atoms with Gasteiger partial charge in [-0.15, -0.1) is 11.3 Å². The lowest BCUT2D eigenvalue weighted by Crippen LogP contribution is -2.27. The van der Waals surface area contributed by atoms with E-state index in [1.807, 2.05) is 12.1 Å². The number of halogens is 1. The van der Waals surface area contributed by atoms with E-state index in [1.54, 1.807) is 11.3 Å². The fourth-order valence-electron chi connectivity index (χ4n) is 2.03. The number of carbonyl (C=O) groups is 1. The molecule has 0 atom stereocenters. The Kier molecular flexibility index (Phi) is 7.57. The number of nitrogens with one attached hydrogen (secondary N) is 2. The first-order valence-corrected chi connectivity index (χ1v) is 10.6. The Labute approximate surface area is 159 Å². The number of hydrogen-bond donors (Lipinski definition) is 2. The van der Waals surface area contributed by atoms with E-state index in [2.05, 4.69) is 26.0 Å². The number of rotatable bonds is 9. The molecule has 136 valence electrons. The zero-order valence-electron chi connectivity index (χ0n) is 13.6. The topological polar surface area (TPSA) is 84.5 Å². The first-order chi connectivity index (χ1) is 11.9. The molecule has 0 saturated heterocycles. The van der Waals surface area contributed by atoms with E-state index in [9.17, 15) is 13.2 Å². The lowest BCUT2D eigenvalue weighted by atomic mass is 10.2. The van der Waals surface area contributed by atoms with Gasteiger partial charge in [0, 0.05) is 30.6 Å². The van der Waals surface area contributed by atoms with Crippen molar-refractivity contribution in [3.8, 4) is 0 Å². The van der Waals surface area contributed by atoms with E-state index >= 15 is 0 Å². The van der Waals surface area contributed by atoms with Crippen LogP contribution in [0.15, 0.2) is 45.1 Å². The average Bonchev–Trinajstić information content (AvgIpc) is 3.00. The standard InChI is InChI=1S/C16H19BrN2O4S2/c1-23-11-10-19-25(21,22)14-5-2-12(3-6-14)16(20)18-9-8-13-4-7-15(17)24-13/h2-7,19H,8-11H2,1H3,(H,18,20). The third kappa shape index (κ3) is 6.19. The van der Waals surface area contributed by atoms with Crippen LogP contribution < -0.4 is 10.0 Å². The van der Waals surface area contributed by atoms with Crippen molar-refractivity contribution in [2.24, 2.45) is 0 Å². The maximum Gasteiger partial charge on any atom is 0.251 e. The van der Waals surface area contributed by atoms with Crippen molar-refractivity contribution in [2.45, 2.75) is 11.3 Å². The molecule has 0 fully saturated rings. The Morgan fingerprint density at radius 3 is 2.48 bits per heavy atom. The number of amides is 1. The zero-order chi connectivity index (χ0) is 18.3. The molecule has 6 nitrogen and oxygen atoms in total. The second-order valence-electron chi connectivity index (χ2n) is 5.13. The van der Waals surface area contributed by atoms with Crippen LogP contribution in [0.3, 0.4) is 0 Å².